The van der Waals surface area contributed by atoms with E-state index in [0.717, 1.165) is 64.2 Å². The van der Waals surface area contributed by atoms with Gasteiger partial charge in [-0.2, -0.15) is 0 Å². The summed E-state index contributed by atoms with van der Waals surface area (Å²) in [5.74, 6) is -2.14. The first-order valence-electron chi connectivity index (χ1n) is 22.6. The minimum absolute atomic E-state index is 0.0669. The number of nitrogens with one attached hydrogen (secondary N) is 2. The lowest BCUT2D eigenvalue weighted by Gasteiger charge is -2.50. The summed E-state index contributed by atoms with van der Waals surface area (Å²) >= 11 is 0. The molecule has 0 unspecified atom stereocenters. The molecule has 4 aliphatic rings. The smallest absolute Gasteiger partial charge is 0.246 e. The highest BCUT2D eigenvalue weighted by atomic mass is 16.5. The van der Waals surface area contributed by atoms with Crippen LogP contribution < -0.4 is 56.5 Å². The van der Waals surface area contributed by atoms with Crippen LogP contribution >= 0.6 is 0 Å². The number of ether oxygens (including phenoxy) is 4. The molecule has 62 heavy (non-hydrogen) atoms. The van der Waals surface area contributed by atoms with Gasteiger partial charge >= 0.3 is 0 Å². The van der Waals surface area contributed by atoms with Crippen molar-refractivity contribution in [3.63, 3.8) is 0 Å². The summed E-state index contributed by atoms with van der Waals surface area (Å²) in [6, 6.07) is -4.68. The van der Waals surface area contributed by atoms with Gasteiger partial charge in [0.1, 0.15) is 37.6 Å². The molecule has 2 amide bonds. The third-order valence-electron chi connectivity index (χ3n) is 13.3. The topological polar surface area (TPSA) is 425 Å². The molecule has 20 atom stereocenters. The molecule has 0 radical (unpaired) electrons. The first-order valence-corrected chi connectivity index (χ1v) is 22.6. The van der Waals surface area contributed by atoms with Crippen molar-refractivity contribution < 1.29 is 59.2 Å². The van der Waals surface area contributed by atoms with Crippen molar-refractivity contribution in [2.75, 3.05) is 39.4 Å². The molecule has 2 saturated carbocycles. The second kappa shape index (κ2) is 25.8. The molecule has 362 valence electrons. The van der Waals surface area contributed by atoms with Crippen LogP contribution in [0.15, 0.2) is 0 Å². The Morgan fingerprint density at radius 2 is 0.806 bits per heavy atom. The molecular weight excluding hydrogens is 812 g/mol. The maximum Gasteiger partial charge on any atom is 0.246 e. The number of unbranched alkanes of at least 4 members (excludes halogenated alkanes) is 9. The summed E-state index contributed by atoms with van der Waals surface area (Å²) in [5, 5.41) is 69.2. The molecule has 22 nitrogen and oxygen atoms in total. The molecule has 0 aromatic heterocycles. The summed E-state index contributed by atoms with van der Waals surface area (Å²) in [5.41, 5.74) is 49.1. The van der Waals surface area contributed by atoms with E-state index in [1.165, 1.54) is 0 Å². The summed E-state index contributed by atoms with van der Waals surface area (Å²) in [6.45, 7) is 0.132. The van der Waals surface area contributed by atoms with Crippen LogP contribution in [0.1, 0.15) is 77.0 Å². The molecule has 2 aliphatic carbocycles. The van der Waals surface area contributed by atoms with Gasteiger partial charge in [-0.05, 0) is 25.7 Å². The van der Waals surface area contributed by atoms with Gasteiger partial charge in [0.15, 0.2) is 0 Å². The lowest BCUT2D eigenvalue weighted by Crippen LogP contribution is -2.70. The minimum Gasteiger partial charge on any atom is -0.389 e. The maximum atomic E-state index is 12.7. The van der Waals surface area contributed by atoms with Crippen LogP contribution in [0.25, 0.3) is 0 Å². The fraction of sp³-hybridized carbons (Fsp3) is 0.950. The normalized spacial score (nSPS) is 41.5. The zero-order valence-corrected chi connectivity index (χ0v) is 36.0. The Morgan fingerprint density at radius 1 is 0.484 bits per heavy atom. The number of carbonyl (C=O) groups is 2. The molecule has 22 heteroatoms. The Labute approximate surface area is 364 Å². The lowest BCUT2D eigenvalue weighted by atomic mass is 9.71. The lowest BCUT2D eigenvalue weighted by molar-refractivity contribution is -0.217. The maximum absolute atomic E-state index is 12.7. The molecule has 0 spiro atoms. The van der Waals surface area contributed by atoms with E-state index >= 15 is 0 Å². The summed E-state index contributed by atoms with van der Waals surface area (Å²) in [6.07, 6.45) is -2.66. The fourth-order valence-electron chi connectivity index (χ4n) is 9.61. The van der Waals surface area contributed by atoms with Crippen molar-refractivity contribution in [3.05, 3.63) is 0 Å². The number of amides is 2. The van der Waals surface area contributed by atoms with Crippen molar-refractivity contribution in [1.82, 2.24) is 10.6 Å². The molecule has 4 rings (SSSR count). The number of nitrogens with two attached hydrogens (primary N) is 8. The van der Waals surface area contributed by atoms with E-state index in [0.29, 0.717) is 13.1 Å². The van der Waals surface area contributed by atoms with E-state index in [-0.39, 0.29) is 51.0 Å². The monoisotopic (exact) mass is 893 g/mol. The number of rotatable bonds is 23. The highest BCUT2D eigenvalue weighted by Gasteiger charge is 2.55. The molecule has 0 bridgehead atoms. The van der Waals surface area contributed by atoms with Crippen LogP contribution in [0.5, 0.6) is 0 Å². The summed E-state index contributed by atoms with van der Waals surface area (Å²) < 4.78 is 23.7. The Morgan fingerprint density at radius 3 is 1.13 bits per heavy atom. The standard InChI is InChI=1S/C40H80N10O12/c41-15-23-33(55)35(57)29(47)37(61-23)27-19(43)13-21(45)31(53)39(27)59-17-25(51)49-11-9-7-5-3-1-2-4-6-8-10-12-50-26(52)18-60-40-28(20(44)14-22(46)32(40)54)38-30(48)36(58)34(56)24(16-42)62-38/h19-24,27-40,53-58H,1-18,41-48H2,(H,49,51)(H,50,52)/t19-,20-,21+,22+,23+,24+,27-,28-,29+,30+,31-,32-,33+,34+,35+,36+,37+,38+,39-,40-/m0/s1. The first-order chi connectivity index (χ1) is 29.5. The summed E-state index contributed by atoms with van der Waals surface area (Å²) in [4.78, 5) is 25.3. The Balaban J connectivity index is 1.03. The van der Waals surface area contributed by atoms with Gasteiger partial charge in [0.05, 0.1) is 60.9 Å². The second-order valence-corrected chi connectivity index (χ2v) is 17.9. The van der Waals surface area contributed by atoms with Crippen molar-refractivity contribution in [3.8, 4) is 0 Å². The van der Waals surface area contributed by atoms with Gasteiger partial charge in [0, 0.05) is 62.2 Å². The van der Waals surface area contributed by atoms with Crippen molar-refractivity contribution >= 4 is 11.8 Å². The van der Waals surface area contributed by atoms with Crippen LogP contribution in [0.4, 0.5) is 0 Å². The number of hydrogen-bond donors (Lipinski definition) is 16. The van der Waals surface area contributed by atoms with Crippen molar-refractivity contribution in [1.29, 1.82) is 0 Å². The molecule has 2 heterocycles. The van der Waals surface area contributed by atoms with Crippen molar-refractivity contribution in [2.45, 2.75) is 187 Å². The molecule has 24 N–H and O–H groups in total. The molecule has 0 aromatic rings. The van der Waals surface area contributed by atoms with Crippen LogP contribution in [-0.2, 0) is 28.5 Å². The van der Waals surface area contributed by atoms with E-state index in [9.17, 15) is 40.2 Å². The van der Waals surface area contributed by atoms with Gasteiger partial charge in [-0.3, -0.25) is 9.59 Å². The Kier molecular flexibility index (Phi) is 22.0. The van der Waals surface area contributed by atoms with Crippen LogP contribution in [-0.4, -0.2) is 191 Å². The highest BCUT2D eigenvalue weighted by molar-refractivity contribution is 5.77. The number of aliphatic hydroxyl groups excluding tert-OH is 6. The predicted molar refractivity (Wildman–Crippen MR) is 227 cm³/mol. The van der Waals surface area contributed by atoms with Crippen LogP contribution in [0, 0.1) is 11.8 Å². The quantitative estimate of drug-likeness (QED) is 0.0424. The van der Waals surface area contributed by atoms with E-state index in [1.807, 2.05) is 0 Å². The van der Waals surface area contributed by atoms with Crippen LogP contribution in [0.2, 0.25) is 0 Å². The van der Waals surface area contributed by atoms with Crippen LogP contribution in [0.3, 0.4) is 0 Å². The van der Waals surface area contributed by atoms with Gasteiger partial charge in [0.2, 0.25) is 11.8 Å². The Hall–Kier alpha value is -1.78. The van der Waals surface area contributed by atoms with Gasteiger partial charge in [-0.1, -0.05) is 51.4 Å². The second-order valence-electron chi connectivity index (χ2n) is 17.9. The van der Waals surface area contributed by atoms with E-state index in [2.05, 4.69) is 10.6 Å². The number of carbonyl (C=O) groups excluding carboxylic acids is 2. The average Bonchev–Trinajstić information content (AvgIpc) is 3.24. The largest absolute Gasteiger partial charge is 0.389 e. The molecule has 2 aliphatic heterocycles. The zero-order chi connectivity index (χ0) is 45.7. The summed E-state index contributed by atoms with van der Waals surface area (Å²) in [7, 11) is 0. The van der Waals surface area contributed by atoms with E-state index in [1.54, 1.807) is 0 Å². The molecular formula is C40H80N10O12. The van der Waals surface area contributed by atoms with Gasteiger partial charge in [0.25, 0.3) is 0 Å². The van der Waals surface area contributed by atoms with E-state index < -0.39 is 121 Å². The third-order valence-corrected chi connectivity index (χ3v) is 13.3. The van der Waals surface area contributed by atoms with Gasteiger partial charge in [-0.25, -0.2) is 0 Å². The number of aliphatic hydroxyl groups is 6. The van der Waals surface area contributed by atoms with E-state index in [4.69, 9.17) is 64.8 Å². The van der Waals surface area contributed by atoms with Gasteiger partial charge < -0.3 is 106 Å². The Bertz CT molecular complexity index is 1240. The number of hydrogen-bond acceptors (Lipinski definition) is 20. The fourth-order valence-corrected chi connectivity index (χ4v) is 9.61. The highest BCUT2D eigenvalue weighted by Crippen LogP contribution is 2.37. The molecule has 2 saturated heterocycles. The third kappa shape index (κ3) is 13.9. The zero-order valence-electron chi connectivity index (χ0n) is 36.0. The molecule has 0 aromatic carbocycles. The SMILES string of the molecule is NC[C@H]1O[C@H]([C@H]2[C@H](OCC(=O)NCCCCCCCCCCCCNC(=O)CO[C@@H]3[C@@H](O)[C@H](N)C[C@H](N)[C@H]3[C@H]3O[C@H](CN)[C@@H](O)[C@H](O)[C@H]3N)[C@@H](O)[C@H](N)C[C@@H]2N)[C@H](N)[C@@H](O)[C@@H]1O. The van der Waals surface area contributed by atoms with Crippen molar-refractivity contribution in [2.24, 2.45) is 57.7 Å². The predicted octanol–water partition coefficient (Wildman–Crippen LogP) is -6.49. The molecule has 4 fully saturated rings. The average molecular weight is 893 g/mol. The minimum atomic E-state index is -1.33. The first kappa shape index (κ1) is 52.8. The van der Waals surface area contributed by atoms with Gasteiger partial charge in [-0.15, -0.1) is 0 Å².